The molecule has 178 valence electrons. The molecule has 5 rings (SSSR count). The van der Waals surface area contributed by atoms with Gasteiger partial charge in [-0.2, -0.15) is 5.10 Å². The van der Waals surface area contributed by atoms with Crippen molar-refractivity contribution >= 4 is 21.6 Å². The van der Waals surface area contributed by atoms with Gasteiger partial charge in [-0.3, -0.25) is 0 Å². The van der Waals surface area contributed by atoms with Crippen LogP contribution in [0.2, 0.25) is 0 Å². The zero-order valence-corrected chi connectivity index (χ0v) is 20.0. The molecule has 1 aromatic carbocycles. The lowest BCUT2D eigenvalue weighted by Crippen LogP contribution is -2.41. The number of hydrogen-bond acceptors (Lipinski definition) is 6. The van der Waals surface area contributed by atoms with Crippen molar-refractivity contribution in [2.24, 2.45) is 9.50 Å². The first kappa shape index (κ1) is 22.4. The van der Waals surface area contributed by atoms with E-state index in [-0.39, 0.29) is 0 Å². The number of fused-ring (bicyclic) bond motifs is 2. The number of anilines is 1. The largest absolute Gasteiger partial charge is 0.481 e. The smallest absolute Gasteiger partial charge is 0.354 e. The Morgan fingerprint density at radius 2 is 2.12 bits per heavy atom. The van der Waals surface area contributed by atoms with Crippen LogP contribution in [0.4, 0.5) is 10.5 Å². The van der Waals surface area contributed by atoms with Crippen molar-refractivity contribution in [1.29, 1.82) is 0 Å². The Kier molecular flexibility index (Phi) is 5.33. The van der Waals surface area contributed by atoms with Crippen molar-refractivity contribution in [3.05, 3.63) is 53.9 Å². The number of urea groups is 1. The van der Waals surface area contributed by atoms with Crippen LogP contribution in [-0.2, 0) is 22.8 Å². The molecule has 3 heterocycles. The highest BCUT2D eigenvalue weighted by molar-refractivity contribution is 7.91. The summed E-state index contributed by atoms with van der Waals surface area (Å²) in [7, 11) is -2.02. The minimum absolute atomic E-state index is 0.429. The Bertz CT molecular complexity index is 1410. The van der Waals surface area contributed by atoms with Crippen molar-refractivity contribution in [3.63, 3.8) is 0 Å². The van der Waals surface area contributed by atoms with E-state index in [0.717, 1.165) is 36.0 Å². The predicted octanol–water partition coefficient (Wildman–Crippen LogP) is 3.69. The Balaban J connectivity index is 1.54. The predicted molar refractivity (Wildman–Crippen MR) is 128 cm³/mol. The minimum atomic E-state index is -3.56. The molecular weight excluding hydrogens is 456 g/mol. The molecule has 3 aromatic rings. The Morgan fingerprint density at radius 3 is 2.91 bits per heavy atom. The van der Waals surface area contributed by atoms with Gasteiger partial charge in [-0.05, 0) is 55.9 Å². The molecule has 2 aliphatic rings. The number of carbonyl (C=O) groups excluding carboxylic acids is 1. The number of rotatable bonds is 4. The monoisotopic (exact) mass is 482 g/mol. The summed E-state index contributed by atoms with van der Waals surface area (Å²) in [6, 6.07) is 8.54. The fourth-order valence-corrected chi connectivity index (χ4v) is 6.48. The molecule has 2 atom stereocenters. The highest BCUT2D eigenvalue weighted by atomic mass is 32.2. The molecule has 2 amide bonds. The van der Waals surface area contributed by atoms with Crippen molar-refractivity contribution in [3.8, 4) is 22.9 Å². The number of aryl methyl sites for hydroxylation is 1. The van der Waals surface area contributed by atoms with Gasteiger partial charge in [-0.15, -0.1) is 4.36 Å². The number of pyridine rings is 1. The van der Waals surface area contributed by atoms with Crippen LogP contribution in [0.1, 0.15) is 36.8 Å². The third-order valence-electron chi connectivity index (χ3n) is 6.13. The third-order valence-corrected chi connectivity index (χ3v) is 7.99. The second-order valence-electron chi connectivity index (χ2n) is 8.87. The summed E-state index contributed by atoms with van der Waals surface area (Å²) in [6.45, 7) is 3.48. The molecule has 1 aliphatic heterocycles. The Morgan fingerprint density at radius 1 is 1.29 bits per heavy atom. The lowest BCUT2D eigenvalue weighted by molar-refractivity contribution is 0.130. The molecule has 10 nitrogen and oxygen atoms in total. The molecule has 3 N–H and O–H groups in total. The van der Waals surface area contributed by atoms with Gasteiger partial charge < -0.3 is 14.8 Å². The maximum Gasteiger partial charge on any atom is 0.354 e. The summed E-state index contributed by atoms with van der Waals surface area (Å²) in [5.41, 5.74) is 3.52. The maximum atomic E-state index is 13.5. The first-order valence-corrected chi connectivity index (χ1v) is 12.6. The summed E-state index contributed by atoms with van der Waals surface area (Å²) < 4.78 is 30.0. The number of nitrogens with zero attached hydrogens (tertiary/aromatic N) is 4. The van der Waals surface area contributed by atoms with E-state index in [4.69, 9.17) is 14.6 Å². The Hall–Kier alpha value is -3.44. The average molecular weight is 483 g/mol. The summed E-state index contributed by atoms with van der Waals surface area (Å²) in [5.74, 6) is 0.891. The van der Waals surface area contributed by atoms with Gasteiger partial charge in [0.2, 0.25) is 11.8 Å². The highest BCUT2D eigenvalue weighted by Crippen LogP contribution is 2.41. The van der Waals surface area contributed by atoms with Gasteiger partial charge in [0, 0.05) is 23.9 Å². The molecule has 11 heteroatoms. The summed E-state index contributed by atoms with van der Waals surface area (Å²) in [4.78, 5) is 17.3. The van der Waals surface area contributed by atoms with Crippen LogP contribution in [0.25, 0.3) is 11.1 Å². The summed E-state index contributed by atoms with van der Waals surface area (Å²) in [5, 5.41) is 12.3. The van der Waals surface area contributed by atoms with Crippen molar-refractivity contribution < 1.29 is 18.5 Å². The summed E-state index contributed by atoms with van der Waals surface area (Å²) in [6.07, 6.45) is 5.91. The van der Waals surface area contributed by atoms with Crippen molar-refractivity contribution in [2.45, 2.75) is 44.1 Å². The topological polar surface area (TPSA) is 134 Å². The van der Waals surface area contributed by atoms with Crippen LogP contribution in [0.3, 0.4) is 0 Å². The number of nitrogens with two attached hydrogens (primary N) is 1. The number of benzene rings is 1. The van der Waals surface area contributed by atoms with Crippen LogP contribution in [0.15, 0.2) is 47.1 Å². The summed E-state index contributed by atoms with van der Waals surface area (Å²) >= 11 is 0. The van der Waals surface area contributed by atoms with Gasteiger partial charge in [-0.25, -0.2) is 23.8 Å². The fraction of sp³-hybridized carbons (Fsp3) is 0.348. The standard InChI is InChI=1S/C23H26N6O4S/c1-23(2)21(29-19(33-23)10-12-26-29)34(24,31)28-22(30)27-20-16-6-4-5-14(16)7-8-17(20)15-9-11-25-18(13-15)32-3/h7-13,21H,4-6H2,1-3H3,(H3,24,27,28,30,31). The van der Waals surface area contributed by atoms with Crippen molar-refractivity contribution in [2.75, 3.05) is 12.4 Å². The van der Waals surface area contributed by atoms with Gasteiger partial charge in [0.1, 0.15) is 15.5 Å². The van der Waals surface area contributed by atoms with Crippen LogP contribution < -0.4 is 19.9 Å². The number of ether oxygens (including phenoxy) is 2. The van der Waals surface area contributed by atoms with E-state index in [1.54, 1.807) is 39.3 Å². The van der Waals surface area contributed by atoms with Gasteiger partial charge in [-0.1, -0.05) is 12.1 Å². The lowest BCUT2D eigenvalue weighted by Gasteiger charge is -2.25. The lowest BCUT2D eigenvalue weighted by atomic mass is 9.98. The van der Waals surface area contributed by atoms with Gasteiger partial charge >= 0.3 is 6.03 Å². The van der Waals surface area contributed by atoms with E-state index in [1.807, 2.05) is 12.1 Å². The highest BCUT2D eigenvalue weighted by Gasteiger charge is 2.48. The quantitative estimate of drug-likeness (QED) is 0.583. The number of hydrogen-bond donors (Lipinski definition) is 2. The van der Waals surface area contributed by atoms with Gasteiger partial charge in [0.25, 0.3) is 0 Å². The first-order chi connectivity index (χ1) is 16.2. The zero-order chi connectivity index (χ0) is 24.1. The number of amides is 2. The second kappa shape index (κ2) is 8.10. The molecule has 0 bridgehead atoms. The molecule has 2 unspecified atom stereocenters. The van der Waals surface area contributed by atoms with E-state index < -0.39 is 26.9 Å². The molecule has 0 radical (unpaired) electrons. The normalized spacial score (nSPS) is 19.5. The number of methoxy groups -OCH3 is 1. The molecule has 0 fully saturated rings. The van der Waals surface area contributed by atoms with Gasteiger partial charge in [0.05, 0.1) is 19.0 Å². The molecule has 0 saturated heterocycles. The average Bonchev–Trinajstić information content (AvgIpc) is 3.47. The maximum absolute atomic E-state index is 13.5. The fourth-order valence-electron chi connectivity index (χ4n) is 4.77. The van der Waals surface area contributed by atoms with E-state index in [1.165, 1.54) is 16.4 Å². The Labute approximate surface area is 197 Å². The van der Waals surface area contributed by atoms with E-state index in [2.05, 4.69) is 25.8 Å². The number of aromatic nitrogens is 3. The van der Waals surface area contributed by atoms with Crippen LogP contribution in [0, 0.1) is 0 Å². The molecule has 34 heavy (non-hydrogen) atoms. The minimum Gasteiger partial charge on any atom is -0.481 e. The third kappa shape index (κ3) is 3.80. The van der Waals surface area contributed by atoms with Crippen LogP contribution in [0.5, 0.6) is 11.8 Å². The van der Waals surface area contributed by atoms with Crippen molar-refractivity contribution in [1.82, 2.24) is 14.8 Å². The first-order valence-electron chi connectivity index (χ1n) is 10.9. The van der Waals surface area contributed by atoms with E-state index >= 15 is 0 Å². The molecular formula is C23H26N6O4S. The SMILES string of the molecule is COc1cc(-c2ccc3c(c2NC(=O)N=S(N)(=O)C2n4nccc4OC2(C)C)CCC3)ccn1. The number of nitrogens with one attached hydrogen (secondary N) is 1. The molecule has 0 spiro atoms. The van der Waals surface area contributed by atoms with Crippen LogP contribution in [-0.4, -0.2) is 37.7 Å². The molecule has 1 aliphatic carbocycles. The molecule has 0 saturated carbocycles. The number of carbonyl (C=O) groups is 1. The molecule has 2 aromatic heterocycles. The van der Waals surface area contributed by atoms with E-state index in [0.29, 0.717) is 17.4 Å². The zero-order valence-electron chi connectivity index (χ0n) is 19.1. The van der Waals surface area contributed by atoms with Gasteiger partial charge in [0.15, 0.2) is 5.37 Å². The second-order valence-corrected chi connectivity index (χ2v) is 10.7. The van der Waals surface area contributed by atoms with Crippen LogP contribution >= 0.6 is 0 Å². The van der Waals surface area contributed by atoms with E-state index in [9.17, 15) is 9.00 Å².